The van der Waals surface area contributed by atoms with Crippen LogP contribution in [0, 0.1) is 6.92 Å². The number of anilines is 1. The zero-order valence-electron chi connectivity index (χ0n) is 15.3. The number of nitrogens with zero attached hydrogens (tertiary/aromatic N) is 2. The molecule has 0 amide bonds. The largest absolute Gasteiger partial charge is 0.347 e. The van der Waals surface area contributed by atoms with Gasteiger partial charge in [0.2, 0.25) is 0 Å². The van der Waals surface area contributed by atoms with E-state index in [9.17, 15) is 0 Å². The van der Waals surface area contributed by atoms with Crippen LogP contribution >= 0.6 is 0 Å². The van der Waals surface area contributed by atoms with Gasteiger partial charge in [-0.1, -0.05) is 42.5 Å². The van der Waals surface area contributed by atoms with E-state index in [4.69, 9.17) is 0 Å². The molecule has 3 aromatic rings. The highest BCUT2D eigenvalue weighted by Gasteiger charge is 2.36. The molecule has 1 aliphatic heterocycles. The van der Waals surface area contributed by atoms with Crippen LogP contribution in [0.3, 0.4) is 0 Å². The van der Waals surface area contributed by atoms with Gasteiger partial charge in [0.15, 0.2) is 0 Å². The molecule has 1 aliphatic rings. The first kappa shape index (κ1) is 15.8. The highest BCUT2D eigenvalue weighted by molar-refractivity contribution is 5.84. The Morgan fingerprint density at radius 1 is 0.960 bits per heavy atom. The molecule has 3 nitrogen and oxygen atoms in total. The molecular formula is C22H25N3. The van der Waals surface area contributed by atoms with Crippen LogP contribution in [0.25, 0.3) is 10.9 Å². The van der Waals surface area contributed by atoms with Crippen LogP contribution in [-0.4, -0.2) is 16.0 Å². The van der Waals surface area contributed by atoms with Crippen molar-refractivity contribution in [2.75, 3.05) is 4.90 Å². The van der Waals surface area contributed by atoms with Crippen molar-refractivity contribution in [3.8, 4) is 0 Å². The summed E-state index contributed by atoms with van der Waals surface area (Å²) in [5.74, 6) is 1.13. The van der Waals surface area contributed by atoms with E-state index in [2.05, 4.69) is 109 Å². The Hall–Kier alpha value is -2.68. The third-order valence-electron chi connectivity index (χ3n) is 5.44. The van der Waals surface area contributed by atoms with Crippen LogP contribution in [0.2, 0.25) is 0 Å². The van der Waals surface area contributed by atoms with Gasteiger partial charge in [-0.25, -0.2) is 0 Å². The summed E-state index contributed by atoms with van der Waals surface area (Å²) < 4.78 is 0. The number of aromatic nitrogens is 1. The summed E-state index contributed by atoms with van der Waals surface area (Å²) in [6.07, 6.45) is 4.63. The predicted molar refractivity (Wildman–Crippen MR) is 105 cm³/mol. The first-order valence-corrected chi connectivity index (χ1v) is 8.87. The summed E-state index contributed by atoms with van der Waals surface area (Å²) in [6, 6.07) is 19.3. The molecule has 0 radical (unpaired) electrons. The van der Waals surface area contributed by atoms with Crippen LogP contribution in [0.1, 0.15) is 31.9 Å². The molecule has 0 saturated carbocycles. The van der Waals surface area contributed by atoms with Crippen molar-refractivity contribution >= 4 is 16.7 Å². The van der Waals surface area contributed by atoms with Crippen molar-refractivity contribution in [2.24, 2.45) is 0 Å². The van der Waals surface area contributed by atoms with Crippen molar-refractivity contribution in [3.05, 3.63) is 78.1 Å². The van der Waals surface area contributed by atoms with Gasteiger partial charge in [-0.15, -0.1) is 0 Å². The molecule has 1 atom stereocenters. The molecule has 3 heteroatoms. The summed E-state index contributed by atoms with van der Waals surface area (Å²) in [6.45, 7) is 9.04. The molecule has 0 bridgehead atoms. The maximum absolute atomic E-state index is 3.54. The Kier molecular flexibility index (Phi) is 3.60. The first-order valence-electron chi connectivity index (χ1n) is 8.87. The average molecular weight is 331 g/mol. The minimum absolute atomic E-state index is 0.0813. The summed E-state index contributed by atoms with van der Waals surface area (Å²) in [7, 11) is 0. The zero-order valence-corrected chi connectivity index (χ0v) is 15.3. The molecule has 2 heterocycles. The van der Waals surface area contributed by atoms with Crippen LogP contribution < -0.4 is 4.90 Å². The quantitative estimate of drug-likeness (QED) is 0.699. The Morgan fingerprint density at radius 3 is 2.44 bits per heavy atom. The summed E-state index contributed by atoms with van der Waals surface area (Å²) >= 11 is 0. The minimum atomic E-state index is -0.0813. The van der Waals surface area contributed by atoms with Gasteiger partial charge in [0.1, 0.15) is 12.0 Å². The maximum atomic E-state index is 3.54. The molecule has 128 valence electrons. The Morgan fingerprint density at radius 2 is 1.68 bits per heavy atom. The van der Waals surface area contributed by atoms with Crippen LogP contribution in [0.15, 0.2) is 67.0 Å². The van der Waals surface area contributed by atoms with E-state index in [0.29, 0.717) is 0 Å². The zero-order chi connectivity index (χ0) is 17.6. The molecule has 4 rings (SSSR count). The molecule has 2 aromatic carbocycles. The van der Waals surface area contributed by atoms with Gasteiger partial charge in [0.05, 0.1) is 5.54 Å². The number of benzene rings is 2. The molecule has 25 heavy (non-hydrogen) atoms. The number of aryl methyl sites for hydroxylation is 1. The second-order valence-electron chi connectivity index (χ2n) is 7.36. The number of fused-ring (bicyclic) bond motifs is 1. The van der Waals surface area contributed by atoms with Crippen molar-refractivity contribution in [1.82, 2.24) is 9.88 Å². The smallest absolute Gasteiger partial charge is 0.112 e. The van der Waals surface area contributed by atoms with Gasteiger partial charge in [-0.2, -0.15) is 0 Å². The van der Waals surface area contributed by atoms with E-state index in [1.807, 2.05) is 0 Å². The number of hydrogen-bond acceptors (Lipinski definition) is 2. The highest BCUT2D eigenvalue weighted by atomic mass is 15.4. The lowest BCUT2D eigenvalue weighted by atomic mass is 9.88. The fourth-order valence-electron chi connectivity index (χ4n) is 4.06. The van der Waals surface area contributed by atoms with E-state index in [0.717, 1.165) is 5.82 Å². The van der Waals surface area contributed by atoms with Gasteiger partial charge in [-0.3, -0.25) is 0 Å². The minimum Gasteiger partial charge on any atom is -0.347 e. The molecule has 0 fully saturated rings. The molecule has 0 spiro atoms. The lowest BCUT2D eigenvalue weighted by Gasteiger charge is -2.42. The third-order valence-corrected chi connectivity index (χ3v) is 5.44. The molecule has 0 aliphatic carbocycles. The molecule has 1 aromatic heterocycles. The predicted octanol–water partition coefficient (Wildman–Crippen LogP) is 5.35. The fourth-order valence-corrected chi connectivity index (χ4v) is 4.06. The van der Waals surface area contributed by atoms with Gasteiger partial charge in [-0.05, 0) is 51.0 Å². The van der Waals surface area contributed by atoms with Gasteiger partial charge >= 0.3 is 0 Å². The van der Waals surface area contributed by atoms with Gasteiger partial charge < -0.3 is 14.8 Å². The summed E-state index contributed by atoms with van der Waals surface area (Å²) in [5, 5.41) is 1.25. The third kappa shape index (κ3) is 2.51. The highest BCUT2D eigenvalue weighted by Crippen LogP contribution is 2.37. The Bertz CT molecular complexity index is 902. The van der Waals surface area contributed by atoms with Crippen molar-refractivity contribution in [1.29, 1.82) is 0 Å². The van der Waals surface area contributed by atoms with E-state index in [1.54, 1.807) is 0 Å². The number of H-pyrrole nitrogens is 1. The van der Waals surface area contributed by atoms with Crippen molar-refractivity contribution in [3.63, 3.8) is 0 Å². The monoisotopic (exact) mass is 331 g/mol. The second-order valence-corrected chi connectivity index (χ2v) is 7.36. The maximum Gasteiger partial charge on any atom is 0.112 e. The number of rotatable bonds is 3. The van der Waals surface area contributed by atoms with E-state index < -0.39 is 0 Å². The number of nitrogens with one attached hydrogen (secondary N) is 1. The fraction of sp³-hybridized carbons (Fsp3) is 0.273. The standard InChI is InChI=1S/C22H25N3/c1-16-9-5-7-11-19(16)22(3,4)25-14-13-24(17(25)2)21-15-18-10-6-8-12-20(18)23-21/h5-15,17,23H,1-4H3. The van der Waals surface area contributed by atoms with Crippen molar-refractivity contribution in [2.45, 2.75) is 39.4 Å². The number of para-hydroxylation sites is 1. The Labute approximate surface area is 149 Å². The Balaban J connectivity index is 1.66. The van der Waals surface area contributed by atoms with Gasteiger partial charge in [0.25, 0.3) is 0 Å². The van der Waals surface area contributed by atoms with Crippen LogP contribution in [-0.2, 0) is 5.54 Å². The first-order chi connectivity index (χ1) is 12.0. The average Bonchev–Trinajstić information content (AvgIpc) is 3.18. The van der Waals surface area contributed by atoms with E-state index >= 15 is 0 Å². The lowest BCUT2D eigenvalue weighted by molar-refractivity contribution is 0.152. The second kappa shape index (κ2) is 5.69. The van der Waals surface area contributed by atoms with E-state index in [-0.39, 0.29) is 11.7 Å². The molecule has 1 N–H and O–H groups in total. The van der Waals surface area contributed by atoms with Crippen molar-refractivity contribution < 1.29 is 0 Å². The lowest BCUT2D eigenvalue weighted by Crippen LogP contribution is -2.46. The number of aromatic amines is 1. The topological polar surface area (TPSA) is 22.3 Å². The SMILES string of the molecule is Cc1ccccc1C(C)(C)N1C=CN(c2cc3ccccc3[nH]2)C1C. The van der Waals surface area contributed by atoms with Crippen LogP contribution in [0.4, 0.5) is 5.82 Å². The normalized spacial score (nSPS) is 17.7. The van der Waals surface area contributed by atoms with Gasteiger partial charge in [0, 0.05) is 23.3 Å². The van der Waals surface area contributed by atoms with Crippen LogP contribution in [0.5, 0.6) is 0 Å². The number of hydrogen-bond donors (Lipinski definition) is 1. The van der Waals surface area contributed by atoms with E-state index in [1.165, 1.54) is 22.0 Å². The molecular weight excluding hydrogens is 306 g/mol. The summed E-state index contributed by atoms with van der Waals surface area (Å²) in [4.78, 5) is 8.28. The molecule has 0 saturated heterocycles. The molecule has 1 unspecified atom stereocenters. The summed E-state index contributed by atoms with van der Waals surface area (Å²) in [5.41, 5.74) is 3.79.